The van der Waals surface area contributed by atoms with Gasteiger partial charge in [0, 0.05) is 49.1 Å². The Morgan fingerprint density at radius 1 is 0.857 bits per heavy atom. The summed E-state index contributed by atoms with van der Waals surface area (Å²) < 4.78 is 2.12. The first-order valence-corrected chi connectivity index (χ1v) is 11.0. The van der Waals surface area contributed by atoms with Crippen molar-refractivity contribution in [1.82, 2.24) is 9.47 Å². The molecular formula is C23H25N3OS. The maximum absolute atomic E-state index is 13.6. The number of benzene rings is 1. The normalized spacial score (nSPS) is 16.9. The lowest BCUT2D eigenvalue weighted by molar-refractivity contribution is 0.0746. The third-order valence-corrected chi connectivity index (χ3v) is 7.20. The van der Waals surface area contributed by atoms with Crippen LogP contribution in [0.15, 0.2) is 54.9 Å². The maximum Gasteiger partial charge on any atom is 0.257 e. The quantitative estimate of drug-likeness (QED) is 0.663. The lowest BCUT2D eigenvalue weighted by atomic mass is 9.95. The van der Waals surface area contributed by atoms with Crippen molar-refractivity contribution in [3.8, 4) is 5.00 Å². The maximum atomic E-state index is 13.6. The van der Waals surface area contributed by atoms with E-state index in [1.165, 1.54) is 29.0 Å². The summed E-state index contributed by atoms with van der Waals surface area (Å²) in [7, 11) is 0. The van der Waals surface area contributed by atoms with E-state index in [4.69, 9.17) is 0 Å². The summed E-state index contributed by atoms with van der Waals surface area (Å²) in [6, 6.07) is 14.6. The summed E-state index contributed by atoms with van der Waals surface area (Å²) in [6.45, 7) is 3.34. The number of hydrogen-bond donors (Lipinski definition) is 0. The van der Waals surface area contributed by atoms with Gasteiger partial charge in [-0.1, -0.05) is 18.2 Å². The minimum atomic E-state index is 0.218. The summed E-state index contributed by atoms with van der Waals surface area (Å²) in [5.41, 5.74) is 3.52. The molecule has 1 amide bonds. The van der Waals surface area contributed by atoms with Crippen LogP contribution in [-0.2, 0) is 12.8 Å². The van der Waals surface area contributed by atoms with E-state index in [9.17, 15) is 4.79 Å². The number of carbonyl (C=O) groups excluding carboxylic acids is 1. The number of anilines is 1. The number of fused-ring (bicyclic) bond motifs is 1. The Morgan fingerprint density at radius 2 is 1.57 bits per heavy atom. The van der Waals surface area contributed by atoms with Crippen molar-refractivity contribution >= 4 is 22.9 Å². The minimum absolute atomic E-state index is 0.218. The summed E-state index contributed by atoms with van der Waals surface area (Å²) in [5, 5.41) is 1.10. The summed E-state index contributed by atoms with van der Waals surface area (Å²) >= 11 is 1.81. The molecule has 1 aliphatic carbocycles. The highest BCUT2D eigenvalue weighted by Gasteiger charge is 2.30. The first kappa shape index (κ1) is 17.6. The van der Waals surface area contributed by atoms with Gasteiger partial charge in [-0.3, -0.25) is 4.79 Å². The largest absolute Gasteiger partial charge is 0.368 e. The van der Waals surface area contributed by atoms with E-state index >= 15 is 0 Å². The van der Waals surface area contributed by atoms with E-state index < -0.39 is 0 Å². The molecular weight excluding hydrogens is 366 g/mol. The monoisotopic (exact) mass is 391 g/mol. The molecule has 1 aromatic carbocycles. The van der Waals surface area contributed by atoms with Gasteiger partial charge in [0.15, 0.2) is 0 Å². The summed E-state index contributed by atoms with van der Waals surface area (Å²) in [4.78, 5) is 19.4. The van der Waals surface area contributed by atoms with E-state index in [-0.39, 0.29) is 5.91 Å². The average Bonchev–Trinajstić information content (AvgIpc) is 3.42. The van der Waals surface area contributed by atoms with Crippen LogP contribution >= 0.6 is 11.3 Å². The molecule has 0 N–H and O–H groups in total. The number of para-hydroxylation sites is 1. The van der Waals surface area contributed by atoms with Gasteiger partial charge >= 0.3 is 0 Å². The second-order valence-corrected chi connectivity index (χ2v) is 8.68. The van der Waals surface area contributed by atoms with Crippen molar-refractivity contribution in [2.45, 2.75) is 25.7 Å². The molecule has 5 heteroatoms. The van der Waals surface area contributed by atoms with E-state index in [1.54, 1.807) is 0 Å². The van der Waals surface area contributed by atoms with Crippen LogP contribution in [0.4, 0.5) is 5.69 Å². The third-order valence-electron chi connectivity index (χ3n) is 5.89. The van der Waals surface area contributed by atoms with Gasteiger partial charge in [0.25, 0.3) is 5.91 Å². The van der Waals surface area contributed by atoms with E-state index in [0.29, 0.717) is 0 Å². The Morgan fingerprint density at radius 3 is 2.32 bits per heavy atom. The van der Waals surface area contributed by atoms with Crippen LogP contribution in [0.25, 0.3) is 5.00 Å². The Labute approximate surface area is 170 Å². The first-order chi connectivity index (χ1) is 13.8. The highest BCUT2D eigenvalue weighted by atomic mass is 32.1. The molecule has 4 nitrogen and oxygen atoms in total. The fourth-order valence-electron chi connectivity index (χ4n) is 4.39. The molecule has 0 unspecified atom stereocenters. The van der Waals surface area contributed by atoms with Crippen molar-refractivity contribution < 1.29 is 4.79 Å². The van der Waals surface area contributed by atoms with Crippen LogP contribution in [0.5, 0.6) is 0 Å². The smallest absolute Gasteiger partial charge is 0.257 e. The van der Waals surface area contributed by atoms with Gasteiger partial charge in [-0.15, -0.1) is 11.3 Å². The molecule has 0 atom stereocenters. The number of amides is 1. The van der Waals surface area contributed by atoms with Crippen molar-refractivity contribution in [1.29, 1.82) is 0 Å². The van der Waals surface area contributed by atoms with Crippen molar-refractivity contribution in [3.63, 3.8) is 0 Å². The zero-order valence-electron chi connectivity index (χ0n) is 16.0. The molecule has 28 heavy (non-hydrogen) atoms. The third kappa shape index (κ3) is 3.14. The zero-order chi connectivity index (χ0) is 18.9. The molecule has 0 spiro atoms. The van der Waals surface area contributed by atoms with E-state index in [2.05, 4.69) is 51.0 Å². The SMILES string of the molecule is O=C(c1c(-n2cccc2)sc2c1CCCC2)N1CCN(c2ccccc2)CC1. The highest BCUT2D eigenvalue weighted by Crippen LogP contribution is 2.37. The average molecular weight is 392 g/mol. The number of carbonyl (C=O) groups is 1. The van der Waals surface area contributed by atoms with Gasteiger partial charge in [-0.25, -0.2) is 0 Å². The fourth-order valence-corrected chi connectivity index (χ4v) is 5.74. The number of nitrogens with zero attached hydrogens (tertiary/aromatic N) is 3. The molecule has 5 rings (SSSR count). The topological polar surface area (TPSA) is 28.5 Å². The standard InChI is InChI=1S/C23H25N3OS/c27-22(25-16-14-24(15-17-25)18-8-2-1-3-9-18)21-19-10-4-5-11-20(19)28-23(21)26-12-6-7-13-26/h1-3,6-9,12-13H,4-5,10-11,14-17H2. The number of hydrogen-bond acceptors (Lipinski definition) is 3. The predicted octanol–water partition coefficient (Wildman–Crippen LogP) is 4.38. The lowest BCUT2D eigenvalue weighted by Crippen LogP contribution is -2.49. The number of aromatic nitrogens is 1. The lowest BCUT2D eigenvalue weighted by Gasteiger charge is -2.36. The number of rotatable bonds is 3. The second kappa shape index (κ2) is 7.47. The predicted molar refractivity (Wildman–Crippen MR) is 115 cm³/mol. The van der Waals surface area contributed by atoms with Crippen molar-refractivity contribution in [3.05, 3.63) is 70.9 Å². The number of aryl methyl sites for hydroxylation is 1. The van der Waals surface area contributed by atoms with Gasteiger partial charge in [0.05, 0.1) is 5.56 Å². The van der Waals surface area contributed by atoms with Crippen LogP contribution < -0.4 is 4.90 Å². The van der Waals surface area contributed by atoms with Crippen LogP contribution in [0.1, 0.15) is 33.6 Å². The molecule has 2 aromatic heterocycles. The van der Waals surface area contributed by atoms with E-state index in [1.807, 2.05) is 29.5 Å². The molecule has 144 valence electrons. The second-order valence-electron chi connectivity index (χ2n) is 7.60. The molecule has 1 saturated heterocycles. The molecule has 1 aliphatic heterocycles. The van der Waals surface area contributed by atoms with Crippen LogP contribution in [0.2, 0.25) is 0 Å². The molecule has 0 saturated carbocycles. The molecule has 3 aromatic rings. The first-order valence-electron chi connectivity index (χ1n) is 10.2. The Hall–Kier alpha value is -2.53. The van der Waals surface area contributed by atoms with Crippen molar-refractivity contribution in [2.75, 3.05) is 31.1 Å². The summed E-state index contributed by atoms with van der Waals surface area (Å²) in [5.74, 6) is 0.218. The minimum Gasteiger partial charge on any atom is -0.368 e. The molecule has 2 aliphatic rings. The van der Waals surface area contributed by atoms with Gasteiger partial charge in [0.2, 0.25) is 0 Å². The Kier molecular flexibility index (Phi) is 4.69. The van der Waals surface area contributed by atoms with Gasteiger partial charge < -0.3 is 14.4 Å². The molecule has 1 fully saturated rings. The van der Waals surface area contributed by atoms with Crippen LogP contribution in [0.3, 0.4) is 0 Å². The summed E-state index contributed by atoms with van der Waals surface area (Å²) in [6.07, 6.45) is 8.70. The Balaban J connectivity index is 1.41. The number of thiophene rings is 1. The van der Waals surface area contributed by atoms with Gasteiger partial charge in [0.1, 0.15) is 5.00 Å². The van der Waals surface area contributed by atoms with Crippen molar-refractivity contribution in [2.24, 2.45) is 0 Å². The van der Waals surface area contributed by atoms with Gasteiger partial charge in [-0.2, -0.15) is 0 Å². The van der Waals surface area contributed by atoms with Crippen LogP contribution in [-0.4, -0.2) is 41.6 Å². The zero-order valence-corrected chi connectivity index (χ0v) is 16.8. The molecule has 0 radical (unpaired) electrons. The van der Waals surface area contributed by atoms with Crippen LogP contribution in [0, 0.1) is 0 Å². The Bertz CT molecular complexity index is 953. The molecule has 3 heterocycles. The fraction of sp³-hybridized carbons (Fsp3) is 0.348. The highest BCUT2D eigenvalue weighted by molar-refractivity contribution is 7.15. The molecule has 0 bridgehead atoms. The van der Waals surface area contributed by atoms with E-state index in [0.717, 1.165) is 49.6 Å². The number of piperazine rings is 1. The van der Waals surface area contributed by atoms with Gasteiger partial charge in [-0.05, 0) is 55.5 Å².